The first-order valence-corrected chi connectivity index (χ1v) is 6.28. The number of fused-ring (bicyclic) bond motifs is 1. The third kappa shape index (κ3) is 2.34. The minimum atomic E-state index is 0.340. The van der Waals surface area contributed by atoms with E-state index in [0.717, 1.165) is 11.3 Å². The van der Waals surface area contributed by atoms with Crippen LogP contribution in [-0.2, 0) is 0 Å². The van der Waals surface area contributed by atoms with Crippen LogP contribution in [0.3, 0.4) is 0 Å². The molecule has 0 amide bonds. The second kappa shape index (κ2) is 4.68. The van der Waals surface area contributed by atoms with Crippen LogP contribution in [0.15, 0.2) is 30.6 Å². The van der Waals surface area contributed by atoms with Gasteiger partial charge in [-0.1, -0.05) is 29.3 Å². The lowest BCUT2D eigenvalue weighted by Gasteiger charge is -2.10. The molecule has 0 radical (unpaired) electrons. The summed E-state index contributed by atoms with van der Waals surface area (Å²) in [6.07, 6.45) is 1.42. The monoisotopic (exact) mass is 293 g/mol. The first kappa shape index (κ1) is 12.2. The van der Waals surface area contributed by atoms with Crippen LogP contribution < -0.4 is 5.32 Å². The predicted octanol–water partition coefficient (Wildman–Crippen LogP) is 3.48. The maximum atomic E-state index is 6.15. The Morgan fingerprint density at radius 1 is 1.21 bits per heavy atom. The number of rotatable bonds is 2. The van der Waals surface area contributed by atoms with E-state index in [4.69, 9.17) is 23.2 Å². The summed E-state index contributed by atoms with van der Waals surface area (Å²) in [7, 11) is 0. The van der Waals surface area contributed by atoms with E-state index in [1.165, 1.54) is 6.33 Å². The van der Waals surface area contributed by atoms with Gasteiger partial charge in [0.1, 0.15) is 17.3 Å². The van der Waals surface area contributed by atoms with Gasteiger partial charge in [-0.25, -0.2) is 0 Å². The number of aryl methyl sites for hydroxylation is 1. The predicted molar refractivity (Wildman–Crippen MR) is 75.3 cm³/mol. The van der Waals surface area contributed by atoms with Crippen molar-refractivity contribution >= 4 is 40.5 Å². The standard InChI is InChI=1S/C12H9Cl2N5/c1-7-2-3-8(13)9(4-7)17-11-5-10(14)18-12-15-6-16-19(11)12/h2-6,17H,1H3. The number of halogens is 2. The molecule has 0 saturated carbocycles. The van der Waals surface area contributed by atoms with Crippen molar-refractivity contribution in [2.45, 2.75) is 6.92 Å². The lowest BCUT2D eigenvalue weighted by atomic mass is 10.2. The number of nitrogens with one attached hydrogen (secondary N) is 1. The molecule has 0 aliphatic heterocycles. The Morgan fingerprint density at radius 3 is 2.89 bits per heavy atom. The highest BCUT2D eigenvalue weighted by Crippen LogP contribution is 2.27. The molecule has 19 heavy (non-hydrogen) atoms. The van der Waals surface area contributed by atoms with Gasteiger partial charge in [-0.05, 0) is 24.6 Å². The molecule has 0 aliphatic rings. The molecule has 0 unspecified atom stereocenters. The highest BCUT2D eigenvalue weighted by molar-refractivity contribution is 6.33. The second-order valence-corrected chi connectivity index (χ2v) is 4.84. The summed E-state index contributed by atoms with van der Waals surface area (Å²) in [4.78, 5) is 8.06. The Bertz CT molecular complexity index is 753. The topological polar surface area (TPSA) is 55.1 Å². The van der Waals surface area contributed by atoms with Crippen LogP contribution in [0.1, 0.15) is 5.56 Å². The number of aromatic nitrogens is 4. The van der Waals surface area contributed by atoms with Gasteiger partial charge in [0, 0.05) is 6.07 Å². The van der Waals surface area contributed by atoms with Crippen molar-refractivity contribution < 1.29 is 0 Å². The molecule has 0 atom stereocenters. The van der Waals surface area contributed by atoms with E-state index >= 15 is 0 Å². The van der Waals surface area contributed by atoms with Gasteiger partial charge in [-0.15, -0.1) is 0 Å². The number of hydrogen-bond donors (Lipinski definition) is 1. The summed E-state index contributed by atoms with van der Waals surface area (Å²) >= 11 is 12.1. The van der Waals surface area contributed by atoms with Crippen molar-refractivity contribution in [1.82, 2.24) is 19.6 Å². The molecular weight excluding hydrogens is 285 g/mol. The van der Waals surface area contributed by atoms with Gasteiger partial charge in [0.05, 0.1) is 10.7 Å². The SMILES string of the molecule is Cc1ccc(Cl)c(Nc2cc(Cl)nc3ncnn23)c1. The van der Waals surface area contributed by atoms with Crippen molar-refractivity contribution in [2.24, 2.45) is 0 Å². The van der Waals surface area contributed by atoms with E-state index in [0.29, 0.717) is 21.8 Å². The molecule has 0 aliphatic carbocycles. The van der Waals surface area contributed by atoms with Gasteiger partial charge in [0.25, 0.3) is 5.78 Å². The zero-order valence-electron chi connectivity index (χ0n) is 9.93. The lowest BCUT2D eigenvalue weighted by Crippen LogP contribution is -2.02. The van der Waals surface area contributed by atoms with E-state index < -0.39 is 0 Å². The van der Waals surface area contributed by atoms with Crippen LogP contribution >= 0.6 is 23.2 Å². The summed E-state index contributed by atoms with van der Waals surface area (Å²) < 4.78 is 1.56. The molecule has 3 rings (SSSR count). The average molecular weight is 294 g/mol. The summed E-state index contributed by atoms with van der Waals surface area (Å²) in [5, 5.41) is 8.23. The molecule has 3 aromatic rings. The fourth-order valence-corrected chi connectivity index (χ4v) is 2.09. The Kier molecular flexibility index (Phi) is 3.00. The van der Waals surface area contributed by atoms with Gasteiger partial charge in [0.2, 0.25) is 0 Å². The fraction of sp³-hybridized carbons (Fsp3) is 0.0833. The highest BCUT2D eigenvalue weighted by Gasteiger charge is 2.08. The number of benzene rings is 1. The normalized spacial score (nSPS) is 10.9. The third-order valence-electron chi connectivity index (χ3n) is 2.61. The zero-order valence-corrected chi connectivity index (χ0v) is 11.4. The van der Waals surface area contributed by atoms with Gasteiger partial charge in [-0.3, -0.25) is 0 Å². The molecule has 0 bridgehead atoms. The minimum absolute atomic E-state index is 0.340. The quantitative estimate of drug-likeness (QED) is 0.735. The van der Waals surface area contributed by atoms with Crippen LogP contribution in [0.25, 0.3) is 5.78 Å². The Labute approximate surface area is 119 Å². The summed E-state index contributed by atoms with van der Waals surface area (Å²) in [5.41, 5.74) is 1.88. The van der Waals surface area contributed by atoms with Crippen molar-refractivity contribution in [2.75, 3.05) is 5.32 Å². The van der Waals surface area contributed by atoms with E-state index in [-0.39, 0.29) is 0 Å². The van der Waals surface area contributed by atoms with Gasteiger partial charge >= 0.3 is 0 Å². The van der Waals surface area contributed by atoms with Crippen molar-refractivity contribution in [3.05, 3.63) is 46.3 Å². The van der Waals surface area contributed by atoms with Crippen LogP contribution in [0.2, 0.25) is 10.2 Å². The minimum Gasteiger partial charge on any atom is -0.339 e. The van der Waals surface area contributed by atoms with Crippen LogP contribution in [0, 0.1) is 6.92 Å². The van der Waals surface area contributed by atoms with Crippen LogP contribution in [-0.4, -0.2) is 19.6 Å². The first-order valence-electron chi connectivity index (χ1n) is 5.53. The maximum Gasteiger partial charge on any atom is 0.255 e. The molecule has 7 heteroatoms. The molecule has 2 heterocycles. The molecule has 5 nitrogen and oxygen atoms in total. The lowest BCUT2D eigenvalue weighted by molar-refractivity contribution is 0.947. The largest absolute Gasteiger partial charge is 0.339 e. The highest BCUT2D eigenvalue weighted by atomic mass is 35.5. The third-order valence-corrected chi connectivity index (χ3v) is 3.13. The fourth-order valence-electron chi connectivity index (χ4n) is 1.75. The molecule has 1 N–H and O–H groups in total. The van der Waals surface area contributed by atoms with Gasteiger partial charge in [-0.2, -0.15) is 19.6 Å². The van der Waals surface area contributed by atoms with Crippen LogP contribution in [0.4, 0.5) is 11.5 Å². The Morgan fingerprint density at radius 2 is 2.05 bits per heavy atom. The second-order valence-electron chi connectivity index (χ2n) is 4.04. The van der Waals surface area contributed by atoms with Crippen molar-refractivity contribution in [1.29, 1.82) is 0 Å². The molecular formula is C12H9Cl2N5. The molecule has 2 aromatic heterocycles. The molecule has 0 saturated heterocycles. The average Bonchev–Trinajstić information content (AvgIpc) is 2.82. The van der Waals surface area contributed by atoms with E-state index in [9.17, 15) is 0 Å². The smallest absolute Gasteiger partial charge is 0.255 e. The Hall–Kier alpha value is -1.85. The summed E-state index contributed by atoms with van der Waals surface area (Å²) in [6, 6.07) is 7.39. The first-order chi connectivity index (χ1) is 9.13. The van der Waals surface area contributed by atoms with E-state index in [1.54, 1.807) is 10.6 Å². The maximum absolute atomic E-state index is 6.15. The van der Waals surface area contributed by atoms with Gasteiger partial charge < -0.3 is 5.32 Å². The molecule has 0 fully saturated rings. The molecule has 1 aromatic carbocycles. The summed E-state index contributed by atoms with van der Waals surface area (Å²) in [5.74, 6) is 1.08. The van der Waals surface area contributed by atoms with E-state index in [1.807, 2.05) is 25.1 Å². The Balaban J connectivity index is 2.10. The van der Waals surface area contributed by atoms with Gasteiger partial charge in [0.15, 0.2) is 0 Å². The van der Waals surface area contributed by atoms with Crippen molar-refractivity contribution in [3.63, 3.8) is 0 Å². The molecule has 0 spiro atoms. The zero-order chi connectivity index (χ0) is 13.4. The van der Waals surface area contributed by atoms with Crippen molar-refractivity contribution in [3.8, 4) is 0 Å². The van der Waals surface area contributed by atoms with E-state index in [2.05, 4.69) is 20.4 Å². The number of anilines is 2. The molecule has 96 valence electrons. The summed E-state index contributed by atoms with van der Waals surface area (Å²) in [6.45, 7) is 1.99. The number of hydrogen-bond acceptors (Lipinski definition) is 4. The van der Waals surface area contributed by atoms with Crippen LogP contribution in [0.5, 0.6) is 0 Å². The number of nitrogens with zero attached hydrogens (tertiary/aromatic N) is 4.